The number of carbonyl (C=O) groups is 1. The third-order valence-corrected chi connectivity index (χ3v) is 3.79. The predicted molar refractivity (Wildman–Crippen MR) is 90.5 cm³/mol. The Hall–Kier alpha value is -2.81. The van der Waals surface area contributed by atoms with Crippen molar-refractivity contribution in [3.8, 4) is 11.8 Å². The normalized spacial score (nSPS) is 16.4. The number of carbonyl (C=O) groups excluding carboxylic acids is 1. The molecule has 2 aromatic carbocycles. The van der Waals surface area contributed by atoms with Crippen LogP contribution in [0.15, 0.2) is 54.6 Å². The molecule has 1 atom stereocenters. The smallest absolute Gasteiger partial charge is 0.246 e. The highest BCUT2D eigenvalue weighted by atomic mass is 16.5. The van der Waals surface area contributed by atoms with Crippen molar-refractivity contribution in [3.05, 3.63) is 65.7 Å². The largest absolute Gasteiger partial charge is 0.356 e. The van der Waals surface area contributed by atoms with Gasteiger partial charge in [0.15, 0.2) is 0 Å². The fourth-order valence-electron chi connectivity index (χ4n) is 2.52. The van der Waals surface area contributed by atoms with Crippen molar-refractivity contribution >= 4 is 11.6 Å². The van der Waals surface area contributed by atoms with Crippen LogP contribution in [-0.2, 0) is 9.53 Å². The molecule has 1 heterocycles. The van der Waals surface area contributed by atoms with E-state index in [4.69, 9.17) is 9.94 Å². The van der Waals surface area contributed by atoms with E-state index < -0.39 is 5.91 Å². The molecule has 1 aliphatic heterocycles. The quantitative estimate of drug-likeness (QED) is 0.516. The predicted octanol–water partition coefficient (Wildman–Crippen LogP) is 2.14. The summed E-state index contributed by atoms with van der Waals surface area (Å²) in [5.41, 5.74) is 4.58. The van der Waals surface area contributed by atoms with E-state index in [1.807, 2.05) is 59.5 Å². The topological polar surface area (TPSA) is 61.8 Å². The number of amides is 1. The first-order valence-electron chi connectivity index (χ1n) is 7.71. The summed E-state index contributed by atoms with van der Waals surface area (Å²) in [6, 6.07) is 17.8. The van der Waals surface area contributed by atoms with Crippen molar-refractivity contribution in [3.63, 3.8) is 0 Å². The standard InChI is InChI=1S/C19H18N2O3/c22-19(20-23)12-18-13-21(14-24-18)17-10-8-16(9-11-17)7-6-15-4-2-1-3-5-15/h1-5,8-11,18,23H,12-14H2,(H,20,22)/t18-/m1/s1. The molecule has 5 nitrogen and oxygen atoms in total. The molecule has 0 unspecified atom stereocenters. The van der Waals surface area contributed by atoms with E-state index in [0.29, 0.717) is 13.3 Å². The summed E-state index contributed by atoms with van der Waals surface area (Å²) in [7, 11) is 0. The lowest BCUT2D eigenvalue weighted by molar-refractivity contribution is -0.131. The molecule has 0 spiro atoms. The Morgan fingerprint density at radius 2 is 1.79 bits per heavy atom. The second-order valence-corrected chi connectivity index (χ2v) is 5.54. The molecule has 2 N–H and O–H groups in total. The van der Waals surface area contributed by atoms with E-state index >= 15 is 0 Å². The highest BCUT2D eigenvalue weighted by molar-refractivity contribution is 5.75. The van der Waals surface area contributed by atoms with Crippen LogP contribution >= 0.6 is 0 Å². The number of hydrogen-bond donors (Lipinski definition) is 2. The highest BCUT2D eigenvalue weighted by Gasteiger charge is 2.25. The molecule has 0 radical (unpaired) electrons. The van der Waals surface area contributed by atoms with Crippen LogP contribution in [0, 0.1) is 11.8 Å². The molecule has 1 amide bonds. The SMILES string of the molecule is O=C(C[C@@H]1CN(c2ccc(C#Cc3ccccc3)cc2)CO1)NO. The lowest BCUT2D eigenvalue weighted by atomic mass is 10.1. The van der Waals surface area contributed by atoms with Gasteiger partial charge in [0.2, 0.25) is 5.91 Å². The van der Waals surface area contributed by atoms with Crippen molar-refractivity contribution in [2.24, 2.45) is 0 Å². The van der Waals surface area contributed by atoms with Gasteiger partial charge in [0.05, 0.1) is 12.5 Å². The number of hydroxylamine groups is 1. The highest BCUT2D eigenvalue weighted by Crippen LogP contribution is 2.21. The summed E-state index contributed by atoms with van der Waals surface area (Å²) in [4.78, 5) is 13.2. The van der Waals surface area contributed by atoms with Gasteiger partial charge in [-0.3, -0.25) is 10.0 Å². The van der Waals surface area contributed by atoms with Crippen molar-refractivity contribution < 1.29 is 14.7 Å². The first-order valence-corrected chi connectivity index (χ1v) is 7.71. The molecule has 24 heavy (non-hydrogen) atoms. The van der Waals surface area contributed by atoms with Crippen LogP contribution < -0.4 is 10.4 Å². The second-order valence-electron chi connectivity index (χ2n) is 5.54. The first-order chi connectivity index (χ1) is 11.7. The minimum Gasteiger partial charge on any atom is -0.356 e. The monoisotopic (exact) mass is 322 g/mol. The minimum absolute atomic E-state index is 0.146. The van der Waals surface area contributed by atoms with Crippen molar-refractivity contribution in [2.75, 3.05) is 18.2 Å². The molecule has 0 aromatic heterocycles. The molecule has 1 fully saturated rings. The van der Waals surface area contributed by atoms with E-state index in [2.05, 4.69) is 11.8 Å². The average molecular weight is 322 g/mol. The lowest BCUT2D eigenvalue weighted by Gasteiger charge is -2.16. The van der Waals surface area contributed by atoms with Crippen molar-refractivity contribution in [2.45, 2.75) is 12.5 Å². The molecule has 1 saturated heterocycles. The van der Waals surface area contributed by atoms with Gasteiger partial charge < -0.3 is 9.64 Å². The zero-order chi connectivity index (χ0) is 16.8. The van der Waals surface area contributed by atoms with Crippen LogP contribution in [-0.4, -0.2) is 30.5 Å². The number of anilines is 1. The van der Waals surface area contributed by atoms with E-state index in [1.54, 1.807) is 5.48 Å². The fraction of sp³-hybridized carbons (Fsp3) is 0.211. The summed E-state index contributed by atoms with van der Waals surface area (Å²) >= 11 is 0. The Kier molecular flexibility index (Phi) is 5.12. The summed E-state index contributed by atoms with van der Waals surface area (Å²) in [5.74, 6) is 5.83. The molecular weight excluding hydrogens is 304 g/mol. The van der Waals surface area contributed by atoms with E-state index in [0.717, 1.165) is 16.8 Å². The maximum Gasteiger partial charge on any atom is 0.246 e. The molecule has 5 heteroatoms. The Morgan fingerprint density at radius 1 is 1.12 bits per heavy atom. The summed E-state index contributed by atoms with van der Waals surface area (Å²) < 4.78 is 5.55. The zero-order valence-electron chi connectivity index (χ0n) is 13.1. The van der Waals surface area contributed by atoms with Crippen LogP contribution in [0.25, 0.3) is 0 Å². The molecule has 122 valence electrons. The van der Waals surface area contributed by atoms with Crippen LogP contribution in [0.1, 0.15) is 17.5 Å². The van der Waals surface area contributed by atoms with Crippen LogP contribution in [0.2, 0.25) is 0 Å². The summed E-state index contributed by atoms with van der Waals surface area (Å²) in [6.07, 6.45) is -0.0668. The van der Waals surface area contributed by atoms with Gasteiger partial charge in [-0.2, -0.15) is 0 Å². The van der Waals surface area contributed by atoms with Crippen molar-refractivity contribution in [1.29, 1.82) is 0 Å². The third kappa shape index (κ3) is 4.13. The minimum atomic E-state index is -0.437. The number of benzene rings is 2. The number of ether oxygens (including phenoxy) is 1. The lowest BCUT2D eigenvalue weighted by Crippen LogP contribution is -2.27. The zero-order valence-corrected chi connectivity index (χ0v) is 13.1. The van der Waals surface area contributed by atoms with Gasteiger partial charge in [-0.1, -0.05) is 30.0 Å². The maximum atomic E-state index is 11.2. The van der Waals surface area contributed by atoms with E-state index in [1.165, 1.54) is 0 Å². The Balaban J connectivity index is 1.61. The molecule has 0 aliphatic carbocycles. The Bertz CT molecular complexity index is 748. The van der Waals surface area contributed by atoms with E-state index in [-0.39, 0.29) is 12.5 Å². The third-order valence-electron chi connectivity index (χ3n) is 3.79. The molecule has 0 bridgehead atoms. The van der Waals surface area contributed by atoms with Gasteiger partial charge in [-0.05, 0) is 36.4 Å². The first kappa shape index (κ1) is 16.1. The van der Waals surface area contributed by atoms with Gasteiger partial charge in [-0.15, -0.1) is 0 Å². The van der Waals surface area contributed by atoms with Gasteiger partial charge in [0.25, 0.3) is 0 Å². The maximum absolute atomic E-state index is 11.2. The Labute approximate surface area is 140 Å². The molecular formula is C19H18N2O3. The molecule has 3 rings (SSSR count). The van der Waals surface area contributed by atoms with Gasteiger partial charge in [0, 0.05) is 23.4 Å². The number of nitrogens with zero attached hydrogens (tertiary/aromatic N) is 1. The van der Waals surface area contributed by atoms with Crippen LogP contribution in [0.4, 0.5) is 5.69 Å². The summed E-state index contributed by atoms with van der Waals surface area (Å²) in [5, 5.41) is 8.56. The average Bonchev–Trinajstić information content (AvgIpc) is 3.09. The number of hydrogen-bond acceptors (Lipinski definition) is 4. The van der Waals surface area contributed by atoms with Gasteiger partial charge in [0.1, 0.15) is 6.73 Å². The fourth-order valence-corrected chi connectivity index (χ4v) is 2.52. The van der Waals surface area contributed by atoms with E-state index in [9.17, 15) is 4.79 Å². The second kappa shape index (κ2) is 7.64. The molecule has 1 aliphatic rings. The van der Waals surface area contributed by atoms with Crippen LogP contribution in [0.3, 0.4) is 0 Å². The van der Waals surface area contributed by atoms with Crippen LogP contribution in [0.5, 0.6) is 0 Å². The Morgan fingerprint density at radius 3 is 2.46 bits per heavy atom. The molecule has 0 saturated carbocycles. The number of rotatable bonds is 3. The van der Waals surface area contributed by atoms with Gasteiger partial charge >= 0.3 is 0 Å². The summed E-state index contributed by atoms with van der Waals surface area (Å²) in [6.45, 7) is 1.04. The molecule has 2 aromatic rings. The number of nitrogens with one attached hydrogen (secondary N) is 1. The van der Waals surface area contributed by atoms with Gasteiger partial charge in [-0.25, -0.2) is 5.48 Å². The van der Waals surface area contributed by atoms with Crippen molar-refractivity contribution in [1.82, 2.24) is 5.48 Å².